The summed E-state index contributed by atoms with van der Waals surface area (Å²) in [6, 6.07) is 7.69. The molecule has 21 heavy (non-hydrogen) atoms. The Labute approximate surface area is 126 Å². The minimum atomic E-state index is -1.13. The van der Waals surface area contributed by atoms with Gasteiger partial charge in [0.25, 0.3) is 5.69 Å². The molecule has 0 heterocycles. The van der Waals surface area contributed by atoms with Crippen LogP contribution >= 0.6 is 15.9 Å². The molecular formula is C13H8BrFN2O4. The second-order valence-electron chi connectivity index (χ2n) is 4.05. The smallest absolute Gasteiger partial charge is 0.335 e. The maximum absolute atomic E-state index is 13.5. The molecule has 6 nitrogen and oxygen atoms in total. The van der Waals surface area contributed by atoms with Gasteiger partial charge in [-0.15, -0.1) is 0 Å². The molecule has 0 aliphatic rings. The van der Waals surface area contributed by atoms with Crippen molar-refractivity contribution in [2.75, 3.05) is 5.32 Å². The van der Waals surface area contributed by atoms with E-state index >= 15 is 0 Å². The van der Waals surface area contributed by atoms with Gasteiger partial charge in [-0.25, -0.2) is 9.18 Å². The van der Waals surface area contributed by atoms with Crippen LogP contribution in [0.4, 0.5) is 21.5 Å². The van der Waals surface area contributed by atoms with E-state index in [9.17, 15) is 19.3 Å². The number of nitro benzene ring substituents is 1. The van der Waals surface area contributed by atoms with E-state index in [0.717, 1.165) is 12.1 Å². The molecule has 0 aromatic heterocycles. The first kappa shape index (κ1) is 14.9. The molecule has 0 aliphatic heterocycles. The van der Waals surface area contributed by atoms with Gasteiger partial charge in [-0.1, -0.05) is 6.07 Å². The predicted octanol–water partition coefficient (Wildman–Crippen LogP) is 3.94. The van der Waals surface area contributed by atoms with E-state index in [1.165, 1.54) is 24.3 Å². The summed E-state index contributed by atoms with van der Waals surface area (Å²) >= 11 is 2.88. The van der Waals surface area contributed by atoms with Crippen LogP contribution in [-0.2, 0) is 0 Å². The van der Waals surface area contributed by atoms with Crippen LogP contribution in [0, 0.1) is 15.9 Å². The molecule has 0 amide bonds. The summed E-state index contributed by atoms with van der Waals surface area (Å²) in [5, 5.41) is 22.5. The molecule has 0 unspecified atom stereocenters. The van der Waals surface area contributed by atoms with Gasteiger partial charge < -0.3 is 10.4 Å². The zero-order valence-corrected chi connectivity index (χ0v) is 11.9. The lowest BCUT2D eigenvalue weighted by Crippen LogP contribution is -2.00. The number of carboxylic acids is 1. The Hall–Kier alpha value is -2.48. The lowest BCUT2D eigenvalue weighted by Gasteiger charge is -2.08. The van der Waals surface area contributed by atoms with Crippen LogP contribution in [0.3, 0.4) is 0 Å². The minimum absolute atomic E-state index is 0.0141. The first-order chi connectivity index (χ1) is 9.88. The third kappa shape index (κ3) is 3.34. The number of hydrogen-bond donors (Lipinski definition) is 2. The van der Waals surface area contributed by atoms with Gasteiger partial charge >= 0.3 is 5.97 Å². The average Bonchev–Trinajstić information content (AvgIpc) is 2.42. The number of anilines is 2. The van der Waals surface area contributed by atoms with E-state index in [-0.39, 0.29) is 21.4 Å². The number of carboxylic acid groups (broad SMARTS) is 1. The molecule has 2 aromatic rings. The largest absolute Gasteiger partial charge is 0.478 e. The van der Waals surface area contributed by atoms with Gasteiger partial charge in [0, 0.05) is 17.8 Å². The van der Waals surface area contributed by atoms with Crippen LogP contribution in [0.25, 0.3) is 0 Å². The lowest BCUT2D eigenvalue weighted by molar-refractivity contribution is -0.384. The van der Waals surface area contributed by atoms with Crippen molar-refractivity contribution < 1.29 is 19.2 Å². The molecule has 0 spiro atoms. The molecule has 2 aromatic carbocycles. The topological polar surface area (TPSA) is 92.5 Å². The normalized spacial score (nSPS) is 10.2. The Kier molecular flexibility index (Phi) is 4.18. The molecule has 108 valence electrons. The van der Waals surface area contributed by atoms with Crippen molar-refractivity contribution in [3.63, 3.8) is 0 Å². The van der Waals surface area contributed by atoms with Crippen molar-refractivity contribution >= 4 is 39.0 Å². The standard InChI is InChI=1S/C13H8BrFN2O4/c14-9-5-12(17(20)21)11(6-10(9)15)16-8-3-1-2-7(4-8)13(18)19/h1-6,16H,(H,18,19). The Morgan fingerprint density at radius 3 is 2.67 bits per heavy atom. The van der Waals surface area contributed by atoms with Crippen molar-refractivity contribution in [3.05, 3.63) is 62.4 Å². The molecule has 0 atom stereocenters. The van der Waals surface area contributed by atoms with Crippen LogP contribution in [0.1, 0.15) is 10.4 Å². The fourth-order valence-corrected chi connectivity index (χ4v) is 2.00. The highest BCUT2D eigenvalue weighted by molar-refractivity contribution is 9.10. The van der Waals surface area contributed by atoms with Crippen molar-refractivity contribution in [1.29, 1.82) is 0 Å². The number of aromatic carboxylic acids is 1. The first-order valence-corrected chi connectivity index (χ1v) is 6.41. The summed E-state index contributed by atoms with van der Waals surface area (Å²) < 4.78 is 13.5. The lowest BCUT2D eigenvalue weighted by atomic mass is 10.2. The van der Waals surface area contributed by atoms with Crippen LogP contribution in [-0.4, -0.2) is 16.0 Å². The number of halogens is 2. The van der Waals surface area contributed by atoms with Gasteiger partial charge in [0.15, 0.2) is 0 Å². The summed E-state index contributed by atoms with van der Waals surface area (Å²) in [6.45, 7) is 0. The number of carbonyl (C=O) groups is 1. The van der Waals surface area contributed by atoms with Crippen LogP contribution in [0.2, 0.25) is 0 Å². The van der Waals surface area contributed by atoms with Crippen LogP contribution in [0.15, 0.2) is 40.9 Å². The van der Waals surface area contributed by atoms with E-state index in [4.69, 9.17) is 5.11 Å². The molecule has 2 rings (SSSR count). The van der Waals surface area contributed by atoms with Gasteiger partial charge in [-0.2, -0.15) is 0 Å². The molecule has 2 N–H and O–H groups in total. The summed E-state index contributed by atoms with van der Waals surface area (Å²) in [4.78, 5) is 21.2. The number of nitro groups is 1. The van der Waals surface area contributed by atoms with E-state index in [2.05, 4.69) is 21.2 Å². The SMILES string of the molecule is O=C(O)c1cccc(Nc2cc(F)c(Br)cc2[N+](=O)[O-])c1. The van der Waals surface area contributed by atoms with Gasteiger partial charge in [-0.05, 0) is 34.1 Å². The summed E-state index contributed by atoms with van der Waals surface area (Å²) in [7, 11) is 0. The quantitative estimate of drug-likeness (QED) is 0.640. The van der Waals surface area contributed by atoms with E-state index in [1.54, 1.807) is 0 Å². The van der Waals surface area contributed by atoms with Crippen LogP contribution in [0.5, 0.6) is 0 Å². The third-order valence-corrected chi connectivity index (χ3v) is 3.23. The Morgan fingerprint density at radius 1 is 1.33 bits per heavy atom. The Balaban J connectivity index is 2.43. The van der Waals surface area contributed by atoms with Crippen molar-refractivity contribution in [2.45, 2.75) is 0 Å². The molecule has 0 saturated heterocycles. The zero-order valence-electron chi connectivity index (χ0n) is 10.3. The summed E-state index contributed by atoms with van der Waals surface area (Å²) in [5.74, 6) is -1.80. The summed E-state index contributed by atoms with van der Waals surface area (Å²) in [5.41, 5.74) is -0.0767. The van der Waals surface area contributed by atoms with E-state index in [1.807, 2.05) is 0 Å². The fraction of sp³-hybridized carbons (Fsp3) is 0. The Bertz CT molecular complexity index is 736. The highest BCUT2D eigenvalue weighted by atomic mass is 79.9. The number of nitrogens with one attached hydrogen (secondary N) is 1. The summed E-state index contributed by atoms with van der Waals surface area (Å²) in [6.07, 6.45) is 0. The molecule has 0 bridgehead atoms. The highest BCUT2D eigenvalue weighted by Gasteiger charge is 2.18. The monoisotopic (exact) mass is 354 g/mol. The maximum Gasteiger partial charge on any atom is 0.335 e. The third-order valence-electron chi connectivity index (χ3n) is 2.62. The average molecular weight is 355 g/mol. The van der Waals surface area contributed by atoms with Crippen molar-refractivity contribution in [1.82, 2.24) is 0 Å². The molecule has 0 radical (unpaired) electrons. The maximum atomic E-state index is 13.5. The van der Waals surface area contributed by atoms with E-state index < -0.39 is 16.7 Å². The minimum Gasteiger partial charge on any atom is -0.478 e. The van der Waals surface area contributed by atoms with Crippen molar-refractivity contribution in [3.8, 4) is 0 Å². The molecule has 0 saturated carbocycles. The van der Waals surface area contributed by atoms with Gasteiger partial charge in [0.05, 0.1) is 15.0 Å². The highest BCUT2D eigenvalue weighted by Crippen LogP contribution is 2.32. The number of benzene rings is 2. The molecular weight excluding hydrogens is 347 g/mol. The molecule has 0 fully saturated rings. The fourth-order valence-electron chi connectivity index (χ4n) is 1.67. The predicted molar refractivity (Wildman–Crippen MR) is 77.4 cm³/mol. The van der Waals surface area contributed by atoms with Crippen LogP contribution < -0.4 is 5.32 Å². The molecule has 0 aliphatic carbocycles. The van der Waals surface area contributed by atoms with Crippen molar-refractivity contribution in [2.24, 2.45) is 0 Å². The Morgan fingerprint density at radius 2 is 2.05 bits per heavy atom. The van der Waals surface area contributed by atoms with Gasteiger partial charge in [-0.3, -0.25) is 10.1 Å². The second kappa shape index (κ2) is 5.88. The number of nitrogens with zero attached hydrogens (tertiary/aromatic N) is 1. The van der Waals surface area contributed by atoms with Gasteiger partial charge in [0.2, 0.25) is 0 Å². The first-order valence-electron chi connectivity index (χ1n) is 5.62. The zero-order chi connectivity index (χ0) is 15.6. The second-order valence-corrected chi connectivity index (χ2v) is 4.91. The number of hydrogen-bond acceptors (Lipinski definition) is 4. The molecule has 8 heteroatoms. The number of rotatable bonds is 4. The van der Waals surface area contributed by atoms with Gasteiger partial charge in [0.1, 0.15) is 11.5 Å². The van der Waals surface area contributed by atoms with E-state index in [0.29, 0.717) is 5.69 Å².